The van der Waals surface area contributed by atoms with E-state index in [-0.39, 0.29) is 0 Å². The van der Waals surface area contributed by atoms with E-state index in [4.69, 9.17) is 0 Å². The van der Waals surface area contributed by atoms with E-state index in [1.54, 1.807) is 22.3 Å². The van der Waals surface area contributed by atoms with Crippen LogP contribution in [0.15, 0.2) is 46.6 Å². The Labute approximate surface area is 181 Å². The lowest BCUT2D eigenvalue weighted by molar-refractivity contribution is 0.559. The molecule has 4 aliphatic rings. The summed E-state index contributed by atoms with van der Waals surface area (Å²) >= 11 is 0. The van der Waals surface area contributed by atoms with Crippen LogP contribution < -0.4 is 0 Å². The van der Waals surface area contributed by atoms with Crippen LogP contribution in [0.2, 0.25) is 24.2 Å². The summed E-state index contributed by atoms with van der Waals surface area (Å²) in [5, 5.41) is 0. The Kier molecular flexibility index (Phi) is 7.37. The van der Waals surface area contributed by atoms with Gasteiger partial charge in [-0.15, -0.1) is 0 Å². The molecule has 0 unspecified atom stereocenters. The van der Waals surface area contributed by atoms with Crippen molar-refractivity contribution < 1.29 is 0 Å². The monoisotopic (exact) mass is 408 g/mol. The van der Waals surface area contributed by atoms with Crippen LogP contribution in [0.5, 0.6) is 0 Å². The van der Waals surface area contributed by atoms with Gasteiger partial charge in [-0.3, -0.25) is 0 Å². The van der Waals surface area contributed by atoms with Crippen molar-refractivity contribution >= 4 is 8.07 Å². The molecule has 0 nitrogen and oxygen atoms in total. The number of hydrogen-bond donors (Lipinski definition) is 0. The van der Waals surface area contributed by atoms with Crippen molar-refractivity contribution in [3.05, 3.63) is 46.6 Å². The molecule has 4 rings (SSSR count). The van der Waals surface area contributed by atoms with Gasteiger partial charge in [-0.25, -0.2) is 0 Å². The molecule has 0 saturated heterocycles. The van der Waals surface area contributed by atoms with Crippen molar-refractivity contribution in [2.75, 3.05) is 0 Å². The van der Waals surface area contributed by atoms with Gasteiger partial charge < -0.3 is 0 Å². The Hall–Kier alpha value is -0.823. The highest BCUT2D eigenvalue weighted by atomic mass is 28.3. The normalized spacial score (nSPS) is 26.0. The summed E-state index contributed by atoms with van der Waals surface area (Å²) in [6, 6.07) is 0. The highest BCUT2D eigenvalue weighted by Crippen LogP contribution is 2.48. The van der Waals surface area contributed by atoms with Crippen molar-refractivity contribution in [1.29, 1.82) is 0 Å². The van der Waals surface area contributed by atoms with Crippen molar-refractivity contribution in [3.63, 3.8) is 0 Å². The van der Waals surface area contributed by atoms with E-state index in [1.807, 2.05) is 0 Å². The topological polar surface area (TPSA) is 0 Å². The smallest absolute Gasteiger partial charge is 0.0699 e. The minimum atomic E-state index is -1.43. The van der Waals surface area contributed by atoms with Gasteiger partial charge in [-0.05, 0) is 84.7 Å². The van der Waals surface area contributed by atoms with Gasteiger partial charge in [0.2, 0.25) is 0 Å². The molecule has 0 heterocycles. The molecule has 0 aromatic rings. The third-order valence-corrected chi connectivity index (χ3v) is 12.5. The van der Waals surface area contributed by atoms with Gasteiger partial charge in [0.25, 0.3) is 0 Å². The van der Waals surface area contributed by atoms with E-state index >= 15 is 0 Å². The van der Waals surface area contributed by atoms with Gasteiger partial charge in [0, 0.05) is 0 Å². The number of rotatable bonds is 2. The Bertz CT molecular complexity index is 635. The van der Waals surface area contributed by atoms with Gasteiger partial charge in [0.15, 0.2) is 0 Å². The van der Waals surface area contributed by atoms with Crippen LogP contribution in [-0.4, -0.2) is 8.07 Å². The average Bonchev–Trinajstić information content (AvgIpc) is 3.26. The van der Waals surface area contributed by atoms with Crippen molar-refractivity contribution in [1.82, 2.24) is 0 Å². The standard InChI is InChI=1S/C28H44Si/c1-29(2,28-21-25-17-13-9-10-14-18-26(25)22-28)27-19-23-15-11-7-5-3-4-6-8-12-16-24(23)20-27/h19-22,27-28H,3-18H2,1-2H3. The zero-order chi connectivity index (χ0) is 20.1. The first kappa shape index (κ1) is 21.4. The summed E-state index contributed by atoms with van der Waals surface area (Å²) in [6.45, 7) is 5.36. The molecule has 2 saturated carbocycles. The largest absolute Gasteiger partial charge is 0.0768 e. The van der Waals surface area contributed by atoms with Gasteiger partial charge in [-0.1, -0.05) is 88.8 Å². The third kappa shape index (κ3) is 5.27. The van der Waals surface area contributed by atoms with Crippen LogP contribution in [-0.2, 0) is 0 Å². The zero-order valence-corrected chi connectivity index (χ0v) is 20.3. The number of fused-ring (bicyclic) bond motifs is 2. The zero-order valence-electron chi connectivity index (χ0n) is 19.3. The molecule has 1 heteroatoms. The molecule has 0 aliphatic heterocycles. The molecule has 0 aromatic heterocycles. The highest BCUT2D eigenvalue weighted by molar-refractivity contribution is 6.82. The maximum Gasteiger partial charge on any atom is 0.0699 e. The van der Waals surface area contributed by atoms with E-state index in [2.05, 4.69) is 37.4 Å². The first-order valence-electron chi connectivity index (χ1n) is 13.0. The molecule has 160 valence electrons. The van der Waals surface area contributed by atoms with Crippen LogP contribution in [0.25, 0.3) is 0 Å². The summed E-state index contributed by atoms with van der Waals surface area (Å²) in [5.41, 5.74) is 8.48. The predicted octanol–water partition coefficient (Wildman–Crippen LogP) is 9.44. The highest BCUT2D eigenvalue weighted by Gasteiger charge is 2.39. The quantitative estimate of drug-likeness (QED) is 0.399. The molecule has 2 fully saturated rings. The summed E-state index contributed by atoms with van der Waals surface area (Å²) in [5.74, 6) is 0. The second-order valence-corrected chi connectivity index (χ2v) is 15.9. The third-order valence-electron chi connectivity index (χ3n) is 8.35. The first-order chi connectivity index (χ1) is 14.1. The van der Waals surface area contributed by atoms with Crippen LogP contribution in [0.4, 0.5) is 0 Å². The molecule has 0 bridgehead atoms. The summed E-state index contributed by atoms with van der Waals surface area (Å²) in [6.07, 6.45) is 33.6. The molecular weight excluding hydrogens is 364 g/mol. The molecule has 0 atom stereocenters. The summed E-state index contributed by atoms with van der Waals surface area (Å²) in [4.78, 5) is 0. The van der Waals surface area contributed by atoms with Crippen LogP contribution in [0.3, 0.4) is 0 Å². The minimum Gasteiger partial charge on any atom is -0.0768 e. The second kappa shape index (κ2) is 9.99. The van der Waals surface area contributed by atoms with Crippen molar-refractivity contribution in [2.24, 2.45) is 0 Å². The van der Waals surface area contributed by atoms with Crippen molar-refractivity contribution in [2.45, 2.75) is 127 Å². The fourth-order valence-corrected chi connectivity index (χ4v) is 9.09. The van der Waals surface area contributed by atoms with Gasteiger partial charge in [0.1, 0.15) is 0 Å². The Balaban J connectivity index is 1.50. The van der Waals surface area contributed by atoms with Crippen LogP contribution in [0.1, 0.15) is 103 Å². The Morgan fingerprint density at radius 2 is 0.690 bits per heavy atom. The van der Waals surface area contributed by atoms with Crippen molar-refractivity contribution in [3.8, 4) is 0 Å². The minimum absolute atomic E-state index is 0.751. The van der Waals surface area contributed by atoms with Crippen LogP contribution in [0, 0.1) is 0 Å². The lowest BCUT2D eigenvalue weighted by Gasteiger charge is -2.32. The molecule has 4 aliphatic carbocycles. The molecule has 0 radical (unpaired) electrons. The molecule has 0 N–H and O–H groups in total. The van der Waals surface area contributed by atoms with Gasteiger partial charge >= 0.3 is 0 Å². The SMILES string of the molecule is C[Si](C)(C1C=C2CCCCCCCCCCC2=C1)C1C=C2CCCCCCC2=C1. The Morgan fingerprint density at radius 1 is 0.448 bits per heavy atom. The molecule has 0 aromatic carbocycles. The predicted molar refractivity (Wildman–Crippen MR) is 131 cm³/mol. The van der Waals surface area contributed by atoms with Gasteiger partial charge in [-0.2, -0.15) is 0 Å². The molecule has 29 heavy (non-hydrogen) atoms. The number of allylic oxidation sites excluding steroid dienone is 8. The average molecular weight is 409 g/mol. The molecular formula is C28H44Si. The fraction of sp³-hybridized carbons (Fsp3) is 0.714. The van der Waals surface area contributed by atoms with E-state index in [1.165, 1.54) is 103 Å². The summed E-state index contributed by atoms with van der Waals surface area (Å²) < 4.78 is 0. The van der Waals surface area contributed by atoms with Crippen LogP contribution >= 0.6 is 0 Å². The lowest BCUT2D eigenvalue weighted by Crippen LogP contribution is -2.34. The second-order valence-electron chi connectivity index (χ2n) is 10.9. The van der Waals surface area contributed by atoms with E-state index in [0.717, 1.165) is 11.1 Å². The van der Waals surface area contributed by atoms with E-state index in [9.17, 15) is 0 Å². The van der Waals surface area contributed by atoms with E-state index in [0.29, 0.717) is 0 Å². The maximum absolute atomic E-state index is 2.75. The lowest BCUT2D eigenvalue weighted by atomic mass is 9.94. The molecule has 0 amide bonds. The Morgan fingerprint density at radius 3 is 0.966 bits per heavy atom. The maximum atomic E-state index is 2.75. The summed E-state index contributed by atoms with van der Waals surface area (Å²) in [7, 11) is -1.43. The fourth-order valence-electron chi connectivity index (χ4n) is 6.12. The first-order valence-corrected chi connectivity index (χ1v) is 16.1. The van der Waals surface area contributed by atoms with Gasteiger partial charge in [0.05, 0.1) is 8.07 Å². The van der Waals surface area contributed by atoms with E-state index < -0.39 is 8.07 Å². The number of hydrogen-bond acceptors (Lipinski definition) is 0. The molecule has 0 spiro atoms.